The van der Waals surface area contributed by atoms with Crippen molar-refractivity contribution in [1.82, 2.24) is 0 Å². The molecular weight excluding hydrogens is 144 g/mol. The van der Waals surface area contributed by atoms with Crippen molar-refractivity contribution in [1.29, 1.82) is 0 Å². The minimum Gasteiger partial charge on any atom is -0.457 e. The van der Waals surface area contributed by atoms with Gasteiger partial charge in [-0.1, -0.05) is 6.92 Å². The van der Waals surface area contributed by atoms with Gasteiger partial charge < -0.3 is 9.47 Å². The van der Waals surface area contributed by atoms with Crippen LogP contribution < -0.4 is 0 Å². The van der Waals surface area contributed by atoms with Crippen molar-refractivity contribution in [2.24, 2.45) is 0 Å². The molecule has 3 nitrogen and oxygen atoms in total. The molecule has 0 aliphatic carbocycles. The number of rotatable bonds is 2. The van der Waals surface area contributed by atoms with Crippen molar-refractivity contribution in [2.75, 3.05) is 13.2 Å². The van der Waals surface area contributed by atoms with E-state index >= 15 is 0 Å². The molecule has 11 heavy (non-hydrogen) atoms. The summed E-state index contributed by atoms with van der Waals surface area (Å²) in [6.07, 6.45) is 1.68. The molecule has 64 valence electrons. The maximum atomic E-state index is 10.7. The smallest absolute Gasteiger partial charge is 0.303 e. The second-order valence-electron chi connectivity index (χ2n) is 2.93. The summed E-state index contributed by atoms with van der Waals surface area (Å²) < 4.78 is 10.4. The highest BCUT2D eigenvalue weighted by Gasteiger charge is 2.36. The average molecular weight is 158 g/mol. The molecule has 0 aromatic heterocycles. The van der Waals surface area contributed by atoms with Gasteiger partial charge in [-0.25, -0.2) is 0 Å². The fourth-order valence-corrected chi connectivity index (χ4v) is 1.32. The number of hydrogen-bond donors (Lipinski definition) is 0. The van der Waals surface area contributed by atoms with Gasteiger partial charge in [0.25, 0.3) is 0 Å². The first-order chi connectivity index (χ1) is 5.18. The van der Waals surface area contributed by atoms with Gasteiger partial charge in [0.05, 0.1) is 13.2 Å². The molecule has 0 amide bonds. The maximum Gasteiger partial charge on any atom is 0.303 e. The monoisotopic (exact) mass is 158 g/mol. The SMILES string of the molecule is CCC1(OC(C)=O)CCOC1. The van der Waals surface area contributed by atoms with Crippen LogP contribution >= 0.6 is 0 Å². The van der Waals surface area contributed by atoms with Gasteiger partial charge in [-0.05, 0) is 6.42 Å². The molecule has 0 spiro atoms. The van der Waals surface area contributed by atoms with Crippen LogP contribution in [0.4, 0.5) is 0 Å². The second-order valence-corrected chi connectivity index (χ2v) is 2.93. The number of ether oxygens (including phenoxy) is 2. The van der Waals surface area contributed by atoms with E-state index in [2.05, 4.69) is 0 Å². The van der Waals surface area contributed by atoms with E-state index in [1.165, 1.54) is 6.92 Å². The van der Waals surface area contributed by atoms with Crippen LogP contribution in [0.2, 0.25) is 0 Å². The van der Waals surface area contributed by atoms with Gasteiger partial charge in [0, 0.05) is 13.3 Å². The van der Waals surface area contributed by atoms with E-state index in [4.69, 9.17) is 9.47 Å². The quantitative estimate of drug-likeness (QED) is 0.565. The van der Waals surface area contributed by atoms with Gasteiger partial charge in [-0.3, -0.25) is 4.79 Å². The van der Waals surface area contributed by atoms with Gasteiger partial charge in [0.1, 0.15) is 5.60 Å². The van der Waals surface area contributed by atoms with E-state index < -0.39 is 0 Å². The summed E-state index contributed by atoms with van der Waals surface area (Å²) in [4.78, 5) is 10.7. The van der Waals surface area contributed by atoms with Crippen LogP contribution in [0.25, 0.3) is 0 Å². The zero-order valence-electron chi connectivity index (χ0n) is 7.05. The molecule has 0 aromatic carbocycles. The lowest BCUT2D eigenvalue weighted by Gasteiger charge is -2.24. The van der Waals surface area contributed by atoms with E-state index in [-0.39, 0.29) is 11.6 Å². The first kappa shape index (κ1) is 8.53. The first-order valence-electron chi connectivity index (χ1n) is 3.96. The molecule has 1 unspecified atom stereocenters. The molecule has 1 aliphatic rings. The Labute approximate surface area is 66.7 Å². The summed E-state index contributed by atoms with van der Waals surface area (Å²) in [5, 5.41) is 0. The lowest BCUT2D eigenvalue weighted by molar-refractivity contribution is -0.157. The average Bonchev–Trinajstić information content (AvgIpc) is 2.36. The summed E-state index contributed by atoms with van der Waals surface area (Å²) in [6, 6.07) is 0. The number of esters is 1. The van der Waals surface area contributed by atoms with Crippen molar-refractivity contribution in [3.8, 4) is 0 Å². The predicted octanol–water partition coefficient (Wildman–Crippen LogP) is 1.12. The fraction of sp³-hybridized carbons (Fsp3) is 0.875. The summed E-state index contributed by atoms with van der Waals surface area (Å²) in [5.74, 6) is -0.211. The maximum absolute atomic E-state index is 10.7. The first-order valence-corrected chi connectivity index (χ1v) is 3.96. The molecule has 0 radical (unpaired) electrons. The molecule has 1 rings (SSSR count). The molecule has 1 atom stereocenters. The molecule has 1 saturated heterocycles. The third-order valence-corrected chi connectivity index (χ3v) is 2.07. The van der Waals surface area contributed by atoms with Gasteiger partial charge in [-0.2, -0.15) is 0 Å². The number of carbonyl (C=O) groups excluding carboxylic acids is 1. The van der Waals surface area contributed by atoms with E-state index in [1.807, 2.05) is 6.92 Å². The Hall–Kier alpha value is -0.570. The molecule has 1 aliphatic heterocycles. The second kappa shape index (κ2) is 3.22. The van der Waals surface area contributed by atoms with Crippen LogP contribution in [0.3, 0.4) is 0 Å². The lowest BCUT2D eigenvalue weighted by Crippen LogP contribution is -2.33. The lowest BCUT2D eigenvalue weighted by atomic mass is 10.0. The zero-order valence-corrected chi connectivity index (χ0v) is 7.05. The predicted molar refractivity (Wildman–Crippen MR) is 40.2 cm³/mol. The van der Waals surface area contributed by atoms with Crippen LogP contribution in [0.15, 0.2) is 0 Å². The molecule has 0 aromatic rings. The van der Waals surface area contributed by atoms with E-state index in [9.17, 15) is 4.79 Å². The van der Waals surface area contributed by atoms with E-state index in [0.29, 0.717) is 13.2 Å². The minimum atomic E-state index is -0.314. The van der Waals surface area contributed by atoms with E-state index in [1.54, 1.807) is 0 Å². The van der Waals surface area contributed by atoms with Crippen molar-refractivity contribution in [2.45, 2.75) is 32.3 Å². The molecule has 0 saturated carbocycles. The summed E-state index contributed by atoms with van der Waals surface area (Å²) in [6.45, 7) is 4.72. The van der Waals surface area contributed by atoms with Gasteiger partial charge in [-0.15, -0.1) is 0 Å². The van der Waals surface area contributed by atoms with Gasteiger partial charge >= 0.3 is 5.97 Å². The minimum absolute atomic E-state index is 0.211. The van der Waals surface area contributed by atoms with Crippen molar-refractivity contribution >= 4 is 5.97 Å². The van der Waals surface area contributed by atoms with Crippen molar-refractivity contribution in [3.63, 3.8) is 0 Å². The summed E-state index contributed by atoms with van der Waals surface area (Å²) >= 11 is 0. The van der Waals surface area contributed by atoms with Crippen LogP contribution in [0, 0.1) is 0 Å². The van der Waals surface area contributed by atoms with Crippen molar-refractivity contribution in [3.05, 3.63) is 0 Å². The third kappa shape index (κ3) is 1.93. The van der Waals surface area contributed by atoms with E-state index in [0.717, 1.165) is 12.8 Å². The Morgan fingerprint density at radius 2 is 2.45 bits per heavy atom. The van der Waals surface area contributed by atoms with Gasteiger partial charge in [0.15, 0.2) is 0 Å². The highest BCUT2D eigenvalue weighted by Crippen LogP contribution is 2.26. The number of carbonyl (C=O) groups is 1. The largest absolute Gasteiger partial charge is 0.457 e. The molecule has 1 fully saturated rings. The molecule has 0 N–H and O–H groups in total. The normalized spacial score (nSPS) is 30.4. The Balaban J connectivity index is 2.52. The highest BCUT2D eigenvalue weighted by molar-refractivity contribution is 5.66. The Kier molecular flexibility index (Phi) is 2.49. The zero-order chi connectivity index (χ0) is 8.32. The highest BCUT2D eigenvalue weighted by atomic mass is 16.6. The molecule has 1 heterocycles. The third-order valence-electron chi connectivity index (χ3n) is 2.07. The van der Waals surface area contributed by atoms with Crippen LogP contribution in [0.1, 0.15) is 26.7 Å². The molecular formula is C8H14O3. The summed E-state index contributed by atoms with van der Waals surface area (Å²) in [7, 11) is 0. The van der Waals surface area contributed by atoms with Crippen LogP contribution in [-0.2, 0) is 14.3 Å². The Bertz CT molecular complexity index is 147. The Morgan fingerprint density at radius 3 is 2.82 bits per heavy atom. The fourth-order valence-electron chi connectivity index (χ4n) is 1.32. The number of hydrogen-bond acceptors (Lipinski definition) is 3. The van der Waals surface area contributed by atoms with Crippen LogP contribution in [-0.4, -0.2) is 24.8 Å². The Morgan fingerprint density at radius 1 is 1.73 bits per heavy atom. The standard InChI is InChI=1S/C8H14O3/c1-3-8(11-7(2)9)4-5-10-6-8/h3-6H2,1-2H3. The molecule has 0 bridgehead atoms. The summed E-state index contributed by atoms with van der Waals surface area (Å²) in [5.41, 5.74) is -0.314. The van der Waals surface area contributed by atoms with Crippen molar-refractivity contribution < 1.29 is 14.3 Å². The molecule has 3 heteroatoms. The van der Waals surface area contributed by atoms with Crippen LogP contribution in [0.5, 0.6) is 0 Å². The van der Waals surface area contributed by atoms with Gasteiger partial charge in [0.2, 0.25) is 0 Å². The topological polar surface area (TPSA) is 35.5 Å².